The fourth-order valence-electron chi connectivity index (χ4n) is 1.40. The highest BCUT2D eigenvalue weighted by Gasteiger charge is 2.37. The number of carboxylic acids is 1. The van der Waals surface area contributed by atoms with Crippen molar-refractivity contribution in [2.24, 2.45) is 0 Å². The molecule has 2 aromatic rings. The van der Waals surface area contributed by atoms with E-state index in [0.717, 1.165) is 18.5 Å². The van der Waals surface area contributed by atoms with Crippen molar-refractivity contribution in [3.63, 3.8) is 0 Å². The minimum absolute atomic E-state index is 0.450. The molecule has 0 radical (unpaired) electrons. The van der Waals surface area contributed by atoms with Gasteiger partial charge in [-0.2, -0.15) is 13.2 Å². The van der Waals surface area contributed by atoms with Crippen molar-refractivity contribution in [1.82, 2.24) is 10.1 Å². The maximum Gasteiger partial charge on any atom is 0.434 e. The van der Waals surface area contributed by atoms with E-state index in [4.69, 9.17) is 5.11 Å². The van der Waals surface area contributed by atoms with E-state index in [2.05, 4.69) is 14.7 Å². The van der Waals surface area contributed by atoms with Crippen molar-refractivity contribution >= 4 is 5.97 Å². The minimum Gasteiger partial charge on any atom is -0.477 e. The predicted molar refractivity (Wildman–Crippen MR) is 51.7 cm³/mol. The van der Waals surface area contributed by atoms with Gasteiger partial charge >= 0.3 is 12.1 Å². The Morgan fingerprint density at radius 1 is 1.39 bits per heavy atom. The molecule has 0 amide bonds. The van der Waals surface area contributed by atoms with Gasteiger partial charge in [-0.25, -0.2) is 4.79 Å². The van der Waals surface area contributed by atoms with Gasteiger partial charge in [-0.15, -0.1) is 0 Å². The zero-order chi connectivity index (χ0) is 13.3. The summed E-state index contributed by atoms with van der Waals surface area (Å²) in [5, 5.41) is 12.0. The molecule has 0 aromatic carbocycles. The maximum absolute atomic E-state index is 12.7. The summed E-state index contributed by atoms with van der Waals surface area (Å²) >= 11 is 0. The summed E-state index contributed by atoms with van der Waals surface area (Å²) in [6.07, 6.45) is -2.91. The van der Waals surface area contributed by atoms with Crippen LogP contribution in [0.15, 0.2) is 29.0 Å². The van der Waals surface area contributed by atoms with Crippen molar-refractivity contribution in [3.8, 4) is 11.3 Å². The molecular formula is C10H5F3N2O3. The number of aromatic nitrogens is 2. The number of aromatic carboxylic acids is 1. The number of hydrogen-bond acceptors (Lipinski definition) is 4. The molecule has 2 rings (SSSR count). The van der Waals surface area contributed by atoms with E-state index in [0.29, 0.717) is 0 Å². The van der Waals surface area contributed by atoms with E-state index >= 15 is 0 Å². The molecule has 94 valence electrons. The summed E-state index contributed by atoms with van der Waals surface area (Å²) in [4.78, 5) is 14.0. The first kappa shape index (κ1) is 12.1. The predicted octanol–water partition coefficient (Wildman–Crippen LogP) is 2.45. The summed E-state index contributed by atoms with van der Waals surface area (Å²) in [6.45, 7) is 0. The molecule has 0 saturated heterocycles. The van der Waals surface area contributed by atoms with Crippen molar-refractivity contribution in [2.75, 3.05) is 0 Å². The van der Waals surface area contributed by atoms with E-state index < -0.39 is 34.7 Å². The van der Waals surface area contributed by atoms with E-state index in [9.17, 15) is 18.0 Å². The molecule has 2 aromatic heterocycles. The summed E-state index contributed by atoms with van der Waals surface area (Å²) in [5.74, 6) is -1.90. The highest BCUT2D eigenvalue weighted by Crippen LogP contribution is 2.36. The summed E-state index contributed by atoms with van der Waals surface area (Å²) in [7, 11) is 0. The van der Waals surface area contributed by atoms with Gasteiger partial charge in [0.25, 0.3) is 0 Å². The van der Waals surface area contributed by atoms with E-state index in [1.165, 1.54) is 6.07 Å². The van der Waals surface area contributed by atoms with Crippen LogP contribution in [0.4, 0.5) is 13.2 Å². The van der Waals surface area contributed by atoms with Crippen LogP contribution in [0.25, 0.3) is 11.3 Å². The second-order valence-corrected chi connectivity index (χ2v) is 3.27. The minimum atomic E-state index is -4.71. The molecule has 0 aliphatic heterocycles. The van der Waals surface area contributed by atoms with Crippen LogP contribution < -0.4 is 0 Å². The molecule has 8 heteroatoms. The Morgan fingerprint density at radius 2 is 2.11 bits per heavy atom. The third kappa shape index (κ3) is 2.04. The standard InChI is InChI=1S/C10H5F3N2O3/c11-10(12,13)8-5(2-1-3-14-8)7-6(9(16)17)4-15-18-7/h1-4H,(H,16,17). The molecule has 18 heavy (non-hydrogen) atoms. The fraction of sp³-hybridized carbons (Fsp3) is 0.100. The van der Waals surface area contributed by atoms with Gasteiger partial charge in [0.05, 0.1) is 11.8 Å². The second-order valence-electron chi connectivity index (χ2n) is 3.27. The van der Waals surface area contributed by atoms with Crippen LogP contribution >= 0.6 is 0 Å². The number of carbonyl (C=O) groups is 1. The number of nitrogens with zero attached hydrogens (tertiary/aromatic N) is 2. The first-order valence-corrected chi connectivity index (χ1v) is 4.62. The normalized spacial score (nSPS) is 11.5. The first-order valence-electron chi connectivity index (χ1n) is 4.62. The molecule has 0 unspecified atom stereocenters. The number of carboxylic acid groups (broad SMARTS) is 1. The van der Waals surface area contributed by atoms with Gasteiger partial charge in [0, 0.05) is 6.20 Å². The van der Waals surface area contributed by atoms with Crippen molar-refractivity contribution in [1.29, 1.82) is 0 Å². The number of alkyl halides is 3. The van der Waals surface area contributed by atoms with Crippen LogP contribution in [0, 0.1) is 0 Å². The maximum atomic E-state index is 12.7. The van der Waals surface area contributed by atoms with Crippen LogP contribution in [0.2, 0.25) is 0 Å². The molecular weight excluding hydrogens is 253 g/mol. The molecule has 0 bridgehead atoms. The lowest BCUT2D eigenvalue weighted by Crippen LogP contribution is -2.10. The first-order chi connectivity index (χ1) is 8.41. The monoisotopic (exact) mass is 258 g/mol. The van der Waals surface area contributed by atoms with Gasteiger partial charge in [0.2, 0.25) is 0 Å². The van der Waals surface area contributed by atoms with E-state index in [-0.39, 0.29) is 0 Å². The Kier molecular flexibility index (Phi) is 2.77. The molecule has 5 nitrogen and oxygen atoms in total. The van der Waals surface area contributed by atoms with Crippen LogP contribution in [-0.2, 0) is 6.18 Å². The fourth-order valence-corrected chi connectivity index (χ4v) is 1.40. The average molecular weight is 258 g/mol. The van der Waals surface area contributed by atoms with Crippen molar-refractivity contribution < 1.29 is 27.6 Å². The third-order valence-electron chi connectivity index (χ3n) is 2.12. The average Bonchev–Trinajstić information content (AvgIpc) is 2.76. The summed E-state index contributed by atoms with van der Waals surface area (Å²) in [6, 6.07) is 2.32. The highest BCUT2D eigenvalue weighted by molar-refractivity contribution is 5.94. The van der Waals surface area contributed by atoms with Crippen molar-refractivity contribution in [2.45, 2.75) is 6.18 Å². The van der Waals surface area contributed by atoms with Crippen LogP contribution in [0.3, 0.4) is 0 Å². The molecule has 1 N–H and O–H groups in total. The molecule has 0 spiro atoms. The lowest BCUT2D eigenvalue weighted by atomic mass is 10.1. The van der Waals surface area contributed by atoms with Gasteiger partial charge < -0.3 is 9.63 Å². The van der Waals surface area contributed by atoms with Crippen LogP contribution in [0.1, 0.15) is 16.1 Å². The Bertz CT molecular complexity index is 592. The second kappa shape index (κ2) is 4.13. The highest BCUT2D eigenvalue weighted by atomic mass is 19.4. The number of halogens is 3. The van der Waals surface area contributed by atoms with Gasteiger partial charge in [-0.3, -0.25) is 4.98 Å². The Balaban J connectivity index is 2.65. The number of rotatable bonds is 2. The van der Waals surface area contributed by atoms with E-state index in [1.807, 2.05) is 0 Å². The zero-order valence-electron chi connectivity index (χ0n) is 8.60. The Hall–Kier alpha value is -2.38. The number of hydrogen-bond donors (Lipinski definition) is 1. The molecule has 0 saturated carbocycles. The molecule has 0 atom stereocenters. The molecule has 0 aliphatic carbocycles. The molecule has 2 heterocycles. The topological polar surface area (TPSA) is 76.2 Å². The van der Waals surface area contributed by atoms with Crippen molar-refractivity contribution in [3.05, 3.63) is 35.8 Å². The molecule has 0 aliphatic rings. The van der Waals surface area contributed by atoms with Gasteiger partial charge in [-0.1, -0.05) is 5.16 Å². The summed E-state index contributed by atoms with van der Waals surface area (Å²) in [5.41, 5.74) is -2.13. The third-order valence-corrected chi connectivity index (χ3v) is 2.12. The SMILES string of the molecule is O=C(O)c1cnoc1-c1cccnc1C(F)(F)F. The lowest BCUT2D eigenvalue weighted by molar-refractivity contribution is -0.140. The summed E-state index contributed by atoms with van der Waals surface area (Å²) < 4.78 is 42.7. The van der Waals surface area contributed by atoms with Crippen LogP contribution in [0.5, 0.6) is 0 Å². The van der Waals surface area contributed by atoms with Gasteiger partial charge in [-0.05, 0) is 12.1 Å². The quantitative estimate of drug-likeness (QED) is 0.895. The van der Waals surface area contributed by atoms with Gasteiger partial charge in [0.1, 0.15) is 5.56 Å². The number of pyridine rings is 1. The van der Waals surface area contributed by atoms with E-state index in [1.54, 1.807) is 0 Å². The Labute approximate surface area is 97.9 Å². The Morgan fingerprint density at radius 3 is 2.72 bits per heavy atom. The largest absolute Gasteiger partial charge is 0.477 e. The lowest BCUT2D eigenvalue weighted by Gasteiger charge is -2.09. The zero-order valence-corrected chi connectivity index (χ0v) is 8.60. The van der Waals surface area contributed by atoms with Gasteiger partial charge in [0.15, 0.2) is 11.5 Å². The van der Waals surface area contributed by atoms with Crippen LogP contribution in [-0.4, -0.2) is 21.2 Å². The smallest absolute Gasteiger partial charge is 0.434 e. The molecule has 0 fully saturated rings.